The minimum atomic E-state index is -0.798. The van der Waals surface area contributed by atoms with E-state index in [9.17, 15) is 9.59 Å². The first-order valence-corrected chi connectivity index (χ1v) is 10.6. The Balaban J connectivity index is 1.47. The van der Waals surface area contributed by atoms with Gasteiger partial charge in [-0.3, -0.25) is 4.79 Å². The van der Waals surface area contributed by atoms with Gasteiger partial charge >= 0.3 is 5.97 Å². The van der Waals surface area contributed by atoms with E-state index in [-0.39, 0.29) is 17.9 Å². The predicted octanol–water partition coefficient (Wildman–Crippen LogP) is 4.54. The molecule has 4 nitrogen and oxygen atoms in total. The smallest absolute Gasteiger partial charge is 0.349 e. The van der Waals surface area contributed by atoms with Crippen molar-refractivity contribution < 1.29 is 14.3 Å². The number of carbonyl (C=O) groups excluding carboxylic acids is 2. The summed E-state index contributed by atoms with van der Waals surface area (Å²) < 4.78 is 5.56. The molecule has 0 saturated carbocycles. The summed E-state index contributed by atoms with van der Waals surface area (Å²) in [4.78, 5) is 29.3. The van der Waals surface area contributed by atoms with Crippen LogP contribution in [-0.4, -0.2) is 24.0 Å². The molecule has 0 saturated heterocycles. The molecular weight excluding hydrogens is 358 g/mol. The Morgan fingerprint density at radius 1 is 1.15 bits per heavy atom. The lowest BCUT2D eigenvalue weighted by molar-refractivity contribution is -0.126. The number of carbonyl (C=O) groups is 2. The van der Waals surface area contributed by atoms with Crippen LogP contribution in [0.2, 0.25) is 0 Å². The molecule has 27 heavy (non-hydrogen) atoms. The average Bonchev–Trinajstić information content (AvgIpc) is 3.13. The molecule has 1 amide bonds. The van der Waals surface area contributed by atoms with Crippen molar-refractivity contribution in [3.05, 3.63) is 51.2 Å². The molecule has 4 rings (SSSR count). The first-order valence-electron chi connectivity index (χ1n) is 9.78. The SMILES string of the molecule is C[C@H](OC(=O)c1cc2c(s1)CCCCC2)C(=O)N1c2ccccc2C[C@@H]1C. The van der Waals surface area contributed by atoms with Crippen LogP contribution in [0, 0.1) is 0 Å². The lowest BCUT2D eigenvalue weighted by Crippen LogP contribution is -2.43. The maximum Gasteiger partial charge on any atom is 0.349 e. The Labute approximate surface area is 164 Å². The fourth-order valence-electron chi connectivity index (χ4n) is 4.13. The summed E-state index contributed by atoms with van der Waals surface area (Å²) in [7, 11) is 0. The molecule has 0 fully saturated rings. The zero-order chi connectivity index (χ0) is 19.0. The normalized spacial score (nSPS) is 19.8. The van der Waals surface area contributed by atoms with Crippen molar-refractivity contribution in [1.82, 2.24) is 0 Å². The third kappa shape index (κ3) is 3.53. The number of rotatable bonds is 3. The van der Waals surface area contributed by atoms with Gasteiger partial charge in [-0.25, -0.2) is 4.79 Å². The van der Waals surface area contributed by atoms with Gasteiger partial charge in [0.15, 0.2) is 6.10 Å². The highest BCUT2D eigenvalue weighted by molar-refractivity contribution is 7.14. The molecule has 0 N–H and O–H groups in total. The molecule has 0 unspecified atom stereocenters. The number of nitrogens with zero attached hydrogens (tertiary/aromatic N) is 1. The first-order chi connectivity index (χ1) is 13.0. The summed E-state index contributed by atoms with van der Waals surface area (Å²) in [5.74, 6) is -0.534. The van der Waals surface area contributed by atoms with Gasteiger partial charge in [0.05, 0.1) is 0 Å². The Morgan fingerprint density at radius 3 is 2.78 bits per heavy atom. The summed E-state index contributed by atoms with van der Waals surface area (Å²) in [6.07, 6.45) is 5.73. The molecule has 2 aromatic rings. The summed E-state index contributed by atoms with van der Waals surface area (Å²) in [5.41, 5.74) is 3.38. The number of fused-ring (bicyclic) bond motifs is 2. The van der Waals surface area contributed by atoms with Crippen LogP contribution in [0.4, 0.5) is 5.69 Å². The highest BCUT2D eigenvalue weighted by Gasteiger charge is 2.34. The molecule has 1 aliphatic heterocycles. The monoisotopic (exact) mass is 383 g/mol. The van der Waals surface area contributed by atoms with Crippen LogP contribution in [0.5, 0.6) is 0 Å². The number of hydrogen-bond acceptors (Lipinski definition) is 4. The predicted molar refractivity (Wildman–Crippen MR) is 108 cm³/mol. The molecule has 0 radical (unpaired) electrons. The van der Waals surface area contributed by atoms with Gasteiger partial charge in [-0.15, -0.1) is 11.3 Å². The molecule has 1 aromatic carbocycles. The van der Waals surface area contributed by atoms with Crippen LogP contribution < -0.4 is 4.90 Å². The van der Waals surface area contributed by atoms with Gasteiger partial charge in [-0.2, -0.15) is 0 Å². The van der Waals surface area contributed by atoms with Gasteiger partial charge in [-0.1, -0.05) is 24.6 Å². The van der Waals surface area contributed by atoms with Crippen molar-refractivity contribution in [2.24, 2.45) is 0 Å². The Bertz CT molecular complexity index is 849. The Morgan fingerprint density at radius 2 is 1.93 bits per heavy atom. The van der Waals surface area contributed by atoms with Crippen molar-refractivity contribution >= 4 is 28.9 Å². The standard InChI is InChI=1S/C22H25NO3S/c1-14-12-16-8-6-7-10-18(16)23(14)21(24)15(2)26-22(25)20-13-17-9-4-3-5-11-19(17)27-20/h6-8,10,13-15H,3-5,9,11-12H2,1-2H3/t14-,15-/m0/s1. The maximum atomic E-state index is 13.0. The lowest BCUT2D eigenvalue weighted by atomic mass is 10.1. The van der Waals surface area contributed by atoms with Crippen LogP contribution in [0.3, 0.4) is 0 Å². The van der Waals surface area contributed by atoms with Gasteiger partial charge < -0.3 is 9.64 Å². The number of thiophene rings is 1. The first kappa shape index (κ1) is 18.2. The highest BCUT2D eigenvalue weighted by Crippen LogP contribution is 2.33. The van der Waals surface area contributed by atoms with Crippen LogP contribution in [-0.2, 0) is 28.8 Å². The minimum absolute atomic E-state index is 0.0776. The minimum Gasteiger partial charge on any atom is -0.448 e. The van der Waals surface area contributed by atoms with Crippen molar-refractivity contribution in [3.8, 4) is 0 Å². The summed E-state index contributed by atoms with van der Waals surface area (Å²) in [6, 6.07) is 9.99. The van der Waals surface area contributed by atoms with E-state index in [4.69, 9.17) is 4.74 Å². The number of aryl methyl sites for hydroxylation is 2. The molecule has 1 aromatic heterocycles. The van der Waals surface area contributed by atoms with Crippen molar-refractivity contribution in [1.29, 1.82) is 0 Å². The second kappa shape index (κ2) is 7.47. The Kier molecular flexibility index (Phi) is 5.04. The fourth-order valence-corrected chi connectivity index (χ4v) is 5.27. The van der Waals surface area contributed by atoms with Crippen LogP contribution in [0.15, 0.2) is 30.3 Å². The third-order valence-electron chi connectivity index (χ3n) is 5.52. The topological polar surface area (TPSA) is 46.6 Å². The molecule has 142 valence electrons. The number of esters is 1. The van der Waals surface area contributed by atoms with E-state index in [0.717, 1.165) is 24.9 Å². The Hall–Kier alpha value is -2.14. The van der Waals surface area contributed by atoms with E-state index in [1.165, 1.54) is 46.6 Å². The van der Waals surface area contributed by atoms with E-state index in [0.29, 0.717) is 4.88 Å². The maximum absolute atomic E-state index is 13.0. The fraction of sp³-hybridized carbons (Fsp3) is 0.455. The highest BCUT2D eigenvalue weighted by atomic mass is 32.1. The summed E-state index contributed by atoms with van der Waals surface area (Å²) in [6.45, 7) is 3.70. The second-order valence-electron chi connectivity index (χ2n) is 7.56. The molecule has 1 aliphatic carbocycles. The average molecular weight is 384 g/mol. The van der Waals surface area contributed by atoms with E-state index in [2.05, 4.69) is 6.07 Å². The number of para-hydroxylation sites is 1. The number of ether oxygens (including phenoxy) is 1. The van der Waals surface area contributed by atoms with Crippen molar-refractivity contribution in [2.45, 2.75) is 64.5 Å². The molecule has 2 aliphatic rings. The van der Waals surface area contributed by atoms with Crippen LogP contribution in [0.1, 0.15) is 58.8 Å². The van der Waals surface area contributed by atoms with Crippen LogP contribution >= 0.6 is 11.3 Å². The lowest BCUT2D eigenvalue weighted by Gasteiger charge is -2.25. The van der Waals surface area contributed by atoms with E-state index in [1.807, 2.05) is 31.2 Å². The molecule has 5 heteroatoms. The van der Waals surface area contributed by atoms with Gasteiger partial charge in [-0.05, 0) is 69.2 Å². The van der Waals surface area contributed by atoms with E-state index in [1.54, 1.807) is 11.8 Å². The quantitative estimate of drug-likeness (QED) is 0.577. The number of anilines is 1. The van der Waals surface area contributed by atoms with Gasteiger partial charge in [0.2, 0.25) is 0 Å². The number of benzene rings is 1. The molecule has 0 spiro atoms. The second-order valence-corrected chi connectivity index (χ2v) is 8.69. The van der Waals surface area contributed by atoms with Gasteiger partial charge in [0.1, 0.15) is 4.88 Å². The van der Waals surface area contributed by atoms with Crippen molar-refractivity contribution in [3.63, 3.8) is 0 Å². The van der Waals surface area contributed by atoms with Gasteiger partial charge in [0.25, 0.3) is 5.91 Å². The molecule has 0 bridgehead atoms. The zero-order valence-corrected chi connectivity index (χ0v) is 16.7. The largest absolute Gasteiger partial charge is 0.448 e. The van der Waals surface area contributed by atoms with E-state index >= 15 is 0 Å². The third-order valence-corrected chi connectivity index (χ3v) is 6.74. The van der Waals surface area contributed by atoms with E-state index < -0.39 is 6.10 Å². The number of hydrogen-bond donors (Lipinski definition) is 0. The summed E-state index contributed by atoms with van der Waals surface area (Å²) >= 11 is 1.53. The van der Waals surface area contributed by atoms with Crippen LogP contribution in [0.25, 0.3) is 0 Å². The zero-order valence-electron chi connectivity index (χ0n) is 15.9. The van der Waals surface area contributed by atoms with Crippen molar-refractivity contribution in [2.75, 3.05) is 4.90 Å². The number of amides is 1. The molecular formula is C22H25NO3S. The van der Waals surface area contributed by atoms with Gasteiger partial charge in [0, 0.05) is 16.6 Å². The summed E-state index contributed by atoms with van der Waals surface area (Å²) in [5, 5.41) is 0. The molecule has 2 atom stereocenters. The molecule has 2 heterocycles.